The van der Waals surface area contributed by atoms with Crippen molar-refractivity contribution in [3.63, 3.8) is 0 Å². The van der Waals surface area contributed by atoms with Crippen LogP contribution in [0.15, 0.2) is 36.5 Å². The number of carbonyl (C=O) groups is 1. The predicted molar refractivity (Wildman–Crippen MR) is 87.7 cm³/mol. The first-order valence-electron chi connectivity index (χ1n) is 7.55. The summed E-state index contributed by atoms with van der Waals surface area (Å²) >= 11 is 0. The van der Waals surface area contributed by atoms with Gasteiger partial charge in [0.15, 0.2) is 5.69 Å². The molecule has 2 heterocycles. The molecule has 9 heteroatoms. The summed E-state index contributed by atoms with van der Waals surface area (Å²) in [6.45, 7) is -0.0666. The summed E-state index contributed by atoms with van der Waals surface area (Å²) < 4.78 is 27.8. The number of nitrogens with two attached hydrogens (primary N) is 1. The quantitative estimate of drug-likeness (QED) is 0.728. The van der Waals surface area contributed by atoms with Gasteiger partial charge in [-0.1, -0.05) is 23.4 Å². The molecule has 7 nitrogen and oxygen atoms in total. The number of rotatable bonds is 5. The van der Waals surface area contributed by atoms with Crippen LogP contribution in [-0.4, -0.2) is 44.9 Å². The molecule has 0 spiro atoms. The Kier molecular flexibility index (Phi) is 4.41. The minimum atomic E-state index is -3.17. The first-order chi connectivity index (χ1) is 11.9. The number of nitrogens with zero attached hydrogens (tertiary/aromatic N) is 4. The fourth-order valence-corrected chi connectivity index (χ4v) is 2.39. The van der Waals surface area contributed by atoms with Crippen LogP contribution in [0.25, 0.3) is 16.6 Å². The number of hydrogen-bond acceptors (Lipinski definition) is 5. The molecule has 0 saturated heterocycles. The molecule has 1 aromatic carbocycles. The Hall–Kier alpha value is -2.94. The van der Waals surface area contributed by atoms with Crippen molar-refractivity contribution < 1.29 is 13.6 Å². The van der Waals surface area contributed by atoms with Gasteiger partial charge in [0.2, 0.25) is 0 Å². The lowest BCUT2D eigenvalue weighted by Crippen LogP contribution is -2.41. The molecule has 0 unspecified atom stereocenters. The highest BCUT2D eigenvalue weighted by atomic mass is 19.3. The van der Waals surface area contributed by atoms with Gasteiger partial charge in [-0.15, -0.1) is 5.10 Å². The molecule has 3 rings (SSSR count). The predicted octanol–water partition coefficient (Wildman–Crippen LogP) is 1.45. The van der Waals surface area contributed by atoms with Crippen LogP contribution >= 0.6 is 0 Å². The summed E-state index contributed by atoms with van der Waals surface area (Å²) in [6, 6.07) is 9.25. The van der Waals surface area contributed by atoms with Crippen molar-refractivity contribution in [2.45, 2.75) is 12.8 Å². The Morgan fingerprint density at radius 2 is 2.08 bits per heavy atom. The number of amides is 1. The molecule has 0 atom stereocenters. The van der Waals surface area contributed by atoms with E-state index in [2.05, 4.69) is 20.6 Å². The van der Waals surface area contributed by atoms with Gasteiger partial charge in [-0.05, 0) is 19.1 Å². The average Bonchev–Trinajstić information content (AvgIpc) is 3.00. The molecule has 0 bridgehead atoms. The van der Waals surface area contributed by atoms with E-state index in [1.807, 2.05) is 24.3 Å². The third kappa shape index (κ3) is 3.31. The second kappa shape index (κ2) is 6.52. The van der Waals surface area contributed by atoms with Crippen molar-refractivity contribution in [3.8, 4) is 5.69 Å². The molecule has 3 N–H and O–H groups in total. The maximum Gasteiger partial charge on any atom is 0.277 e. The smallest absolute Gasteiger partial charge is 0.277 e. The number of halogens is 2. The second-order valence-corrected chi connectivity index (χ2v) is 5.53. The highest BCUT2D eigenvalue weighted by Gasteiger charge is 2.28. The Labute approximate surface area is 141 Å². The van der Waals surface area contributed by atoms with Crippen molar-refractivity contribution in [3.05, 3.63) is 47.9 Å². The van der Waals surface area contributed by atoms with E-state index in [9.17, 15) is 13.6 Å². The molecule has 25 heavy (non-hydrogen) atoms. The van der Waals surface area contributed by atoms with Gasteiger partial charge in [0.05, 0.1) is 30.0 Å². The van der Waals surface area contributed by atoms with Crippen LogP contribution in [0.4, 0.5) is 8.78 Å². The summed E-state index contributed by atoms with van der Waals surface area (Å²) in [7, 11) is 0. The number of carbonyl (C=O) groups excluding carboxylic acids is 1. The van der Waals surface area contributed by atoms with E-state index in [0.717, 1.165) is 5.39 Å². The highest BCUT2D eigenvalue weighted by Crippen LogP contribution is 2.21. The molecule has 0 aliphatic rings. The van der Waals surface area contributed by atoms with Crippen molar-refractivity contribution in [2.75, 3.05) is 13.1 Å². The molecule has 0 fully saturated rings. The fraction of sp³-hybridized carbons (Fsp3) is 0.250. The van der Waals surface area contributed by atoms with Crippen molar-refractivity contribution in [1.29, 1.82) is 0 Å². The number of hydrogen-bond donors (Lipinski definition) is 2. The van der Waals surface area contributed by atoms with E-state index in [4.69, 9.17) is 5.73 Å². The first-order valence-corrected chi connectivity index (χ1v) is 7.55. The van der Waals surface area contributed by atoms with Gasteiger partial charge in [-0.3, -0.25) is 9.78 Å². The molecule has 0 aliphatic heterocycles. The molecular formula is C16H16F2N6O. The van der Waals surface area contributed by atoms with Gasteiger partial charge in [0.25, 0.3) is 11.8 Å². The van der Waals surface area contributed by atoms with E-state index in [0.29, 0.717) is 16.9 Å². The zero-order valence-corrected chi connectivity index (χ0v) is 13.4. The van der Waals surface area contributed by atoms with Crippen molar-refractivity contribution >= 4 is 16.8 Å². The lowest BCUT2D eigenvalue weighted by atomic mass is 10.2. The third-order valence-electron chi connectivity index (χ3n) is 3.76. The van der Waals surface area contributed by atoms with Crippen molar-refractivity contribution in [2.24, 2.45) is 5.73 Å². The maximum atomic E-state index is 13.2. The lowest BCUT2D eigenvalue weighted by molar-refractivity contribution is 0.0118. The van der Waals surface area contributed by atoms with E-state index >= 15 is 0 Å². The average molecular weight is 346 g/mol. The van der Waals surface area contributed by atoms with Gasteiger partial charge in [-0.2, -0.15) is 0 Å². The van der Waals surface area contributed by atoms with Crippen LogP contribution in [0, 0.1) is 6.92 Å². The number of nitrogens with one attached hydrogen (secondary N) is 1. The van der Waals surface area contributed by atoms with Gasteiger partial charge in [0, 0.05) is 11.6 Å². The van der Waals surface area contributed by atoms with Crippen LogP contribution < -0.4 is 11.1 Å². The van der Waals surface area contributed by atoms with E-state index < -0.39 is 24.9 Å². The normalized spacial score (nSPS) is 11.7. The number of aromatic nitrogens is 4. The molecule has 3 aromatic rings. The Bertz CT molecular complexity index is 919. The number of para-hydroxylation sites is 1. The number of fused-ring (bicyclic) bond motifs is 1. The number of benzene rings is 1. The van der Waals surface area contributed by atoms with Crippen LogP contribution in [0.5, 0.6) is 0 Å². The summed E-state index contributed by atoms with van der Waals surface area (Å²) in [5, 5.41) is 10.8. The summed E-state index contributed by atoms with van der Waals surface area (Å²) in [5.74, 6) is -3.90. The Morgan fingerprint density at radius 1 is 1.32 bits per heavy atom. The summed E-state index contributed by atoms with van der Waals surface area (Å²) in [5.41, 5.74) is 6.69. The van der Waals surface area contributed by atoms with E-state index in [1.165, 1.54) is 4.68 Å². The maximum absolute atomic E-state index is 13.2. The minimum Gasteiger partial charge on any atom is -0.344 e. The molecular weight excluding hydrogens is 330 g/mol. The summed E-state index contributed by atoms with van der Waals surface area (Å²) in [6.07, 6.45) is 1.65. The molecule has 1 amide bonds. The van der Waals surface area contributed by atoms with E-state index in [-0.39, 0.29) is 5.69 Å². The molecule has 130 valence electrons. The molecule has 2 aromatic heterocycles. The van der Waals surface area contributed by atoms with Gasteiger partial charge in [-0.25, -0.2) is 13.5 Å². The lowest BCUT2D eigenvalue weighted by Gasteiger charge is -2.13. The van der Waals surface area contributed by atoms with E-state index in [1.54, 1.807) is 19.2 Å². The standard InChI is InChI=1S/C16H16F2N6O/c1-10-13(15(25)21-9-16(17,18)8-19)22-23-24(10)12-6-2-4-11-5-3-7-20-14(11)12/h2-7H,8-9,19H2,1H3,(H,21,25). The second-order valence-electron chi connectivity index (χ2n) is 5.53. The Morgan fingerprint density at radius 3 is 2.84 bits per heavy atom. The van der Waals surface area contributed by atoms with Gasteiger partial charge < -0.3 is 11.1 Å². The highest BCUT2D eigenvalue weighted by molar-refractivity contribution is 5.93. The SMILES string of the molecule is Cc1c(C(=O)NCC(F)(F)CN)nnn1-c1cccc2cccnc12. The van der Waals surface area contributed by atoms with Crippen molar-refractivity contribution in [1.82, 2.24) is 25.3 Å². The summed E-state index contributed by atoms with van der Waals surface area (Å²) in [4.78, 5) is 16.4. The topological polar surface area (TPSA) is 98.7 Å². The van der Waals surface area contributed by atoms with Crippen LogP contribution in [-0.2, 0) is 0 Å². The molecule has 0 radical (unpaired) electrons. The zero-order chi connectivity index (χ0) is 18.0. The van der Waals surface area contributed by atoms with Crippen LogP contribution in [0.1, 0.15) is 16.2 Å². The fourth-order valence-electron chi connectivity index (χ4n) is 2.39. The third-order valence-corrected chi connectivity index (χ3v) is 3.76. The minimum absolute atomic E-state index is 0.0271. The molecule has 0 aliphatic carbocycles. The monoisotopic (exact) mass is 346 g/mol. The van der Waals surface area contributed by atoms with Crippen LogP contribution in [0.3, 0.4) is 0 Å². The van der Waals surface area contributed by atoms with Crippen LogP contribution in [0.2, 0.25) is 0 Å². The zero-order valence-electron chi connectivity index (χ0n) is 13.4. The first kappa shape index (κ1) is 16.9. The Balaban J connectivity index is 1.92. The van der Waals surface area contributed by atoms with Gasteiger partial charge in [0.1, 0.15) is 0 Å². The molecule has 0 saturated carbocycles. The largest absolute Gasteiger partial charge is 0.344 e. The number of alkyl halides is 2. The number of pyridine rings is 1. The van der Waals surface area contributed by atoms with Gasteiger partial charge >= 0.3 is 0 Å².